The first-order valence-corrected chi connectivity index (χ1v) is 12.4. The second-order valence-electron chi connectivity index (χ2n) is 8.33. The predicted molar refractivity (Wildman–Crippen MR) is 136 cm³/mol. The Morgan fingerprint density at radius 1 is 0.742 bits per heavy atom. The summed E-state index contributed by atoms with van der Waals surface area (Å²) in [5.41, 5.74) is 4.65. The lowest BCUT2D eigenvalue weighted by Crippen LogP contribution is -2.20. The number of furan rings is 1. The van der Waals surface area contributed by atoms with Crippen LogP contribution in [-0.2, 0) is 0 Å². The van der Waals surface area contributed by atoms with Crippen molar-refractivity contribution in [2.24, 2.45) is 0 Å². The van der Waals surface area contributed by atoms with E-state index >= 15 is 0 Å². The molecule has 0 aliphatic rings. The van der Waals surface area contributed by atoms with Gasteiger partial charge in [0, 0.05) is 10.8 Å². The van der Waals surface area contributed by atoms with Crippen LogP contribution in [0, 0.1) is 6.92 Å². The van der Waals surface area contributed by atoms with Gasteiger partial charge in [0.25, 0.3) is 0 Å². The molecule has 0 radical (unpaired) electrons. The second-order valence-corrected chi connectivity index (χ2v) is 10.5. The van der Waals surface area contributed by atoms with Crippen molar-refractivity contribution in [3.05, 3.63) is 102 Å². The maximum absolute atomic E-state index is 6.41. The summed E-state index contributed by atoms with van der Waals surface area (Å²) >= 11 is 0. The molecule has 154 valence electrons. The molecule has 0 spiro atoms. The lowest BCUT2D eigenvalue weighted by atomic mass is 9.94. The molecule has 2 heteroatoms. The predicted octanol–water partition coefficient (Wildman–Crippen LogP) is 7.17. The highest BCUT2D eigenvalue weighted by atomic mass is 31.1. The molecule has 5 aromatic rings. The van der Waals surface area contributed by atoms with Gasteiger partial charge < -0.3 is 4.42 Å². The minimum atomic E-state index is -0.628. The van der Waals surface area contributed by atoms with Crippen LogP contribution in [-0.4, -0.2) is 0 Å². The van der Waals surface area contributed by atoms with E-state index in [1.807, 2.05) is 0 Å². The Morgan fingerprint density at radius 3 is 2.00 bits per heavy atom. The summed E-state index contributed by atoms with van der Waals surface area (Å²) in [5.74, 6) is 0.480. The number of benzene rings is 4. The van der Waals surface area contributed by atoms with Gasteiger partial charge >= 0.3 is 0 Å². The smallest absolute Gasteiger partial charge is 0.138 e. The summed E-state index contributed by atoms with van der Waals surface area (Å²) in [5, 5.41) is 6.55. The highest BCUT2D eigenvalue weighted by molar-refractivity contribution is 7.79. The Hall–Kier alpha value is -2.89. The molecule has 1 aromatic heterocycles. The molecular weight excluding hydrogens is 395 g/mol. The third-order valence-corrected chi connectivity index (χ3v) is 8.58. The molecule has 4 aromatic carbocycles. The zero-order chi connectivity index (χ0) is 21.4. The SMILES string of the molecule is CCC(C)c1cc(C)cc2c1oc1ccc(P(c3ccccc3)c3ccccc3)cc12. The van der Waals surface area contributed by atoms with Gasteiger partial charge in [-0.15, -0.1) is 0 Å². The minimum absolute atomic E-state index is 0.480. The maximum atomic E-state index is 6.41. The van der Waals surface area contributed by atoms with E-state index < -0.39 is 7.92 Å². The summed E-state index contributed by atoms with van der Waals surface area (Å²) < 4.78 is 6.41. The molecule has 0 fully saturated rings. The zero-order valence-electron chi connectivity index (χ0n) is 18.3. The van der Waals surface area contributed by atoms with Crippen molar-refractivity contribution in [1.82, 2.24) is 0 Å². The van der Waals surface area contributed by atoms with Gasteiger partial charge in [0.2, 0.25) is 0 Å². The van der Waals surface area contributed by atoms with Crippen LogP contribution >= 0.6 is 7.92 Å². The molecule has 0 bridgehead atoms. The number of hydrogen-bond acceptors (Lipinski definition) is 1. The Labute approximate surface area is 185 Å². The van der Waals surface area contributed by atoms with E-state index in [0.29, 0.717) is 5.92 Å². The average molecular weight is 423 g/mol. The molecule has 0 amide bonds. The van der Waals surface area contributed by atoms with Crippen LogP contribution in [0.5, 0.6) is 0 Å². The highest BCUT2D eigenvalue weighted by Gasteiger charge is 2.20. The van der Waals surface area contributed by atoms with E-state index in [-0.39, 0.29) is 0 Å². The van der Waals surface area contributed by atoms with Gasteiger partial charge in [-0.05, 0) is 72.4 Å². The lowest BCUT2D eigenvalue weighted by Gasteiger charge is -2.19. The van der Waals surface area contributed by atoms with Crippen LogP contribution in [0.4, 0.5) is 0 Å². The fourth-order valence-electron chi connectivity index (χ4n) is 4.37. The largest absolute Gasteiger partial charge is 0.456 e. The Kier molecular flexibility index (Phi) is 5.38. The summed E-state index contributed by atoms with van der Waals surface area (Å²) in [6.45, 7) is 6.72. The van der Waals surface area contributed by atoms with E-state index in [1.54, 1.807) is 0 Å². The molecule has 0 aliphatic carbocycles. The third-order valence-electron chi connectivity index (χ3n) is 6.16. The Morgan fingerprint density at radius 2 is 1.39 bits per heavy atom. The Balaban J connectivity index is 1.74. The van der Waals surface area contributed by atoms with Crippen LogP contribution in [0.2, 0.25) is 0 Å². The summed E-state index contributed by atoms with van der Waals surface area (Å²) in [6, 6.07) is 33.1. The molecule has 0 saturated heterocycles. The molecule has 1 atom stereocenters. The fourth-order valence-corrected chi connectivity index (χ4v) is 6.69. The molecule has 1 nitrogen and oxygen atoms in total. The molecule has 5 rings (SSSR count). The number of fused-ring (bicyclic) bond motifs is 3. The number of hydrogen-bond donors (Lipinski definition) is 0. The van der Waals surface area contributed by atoms with Crippen molar-refractivity contribution in [1.29, 1.82) is 0 Å². The molecule has 1 heterocycles. The average Bonchev–Trinajstić information content (AvgIpc) is 3.17. The van der Waals surface area contributed by atoms with Crippen molar-refractivity contribution in [3.8, 4) is 0 Å². The Bertz CT molecular complexity index is 1300. The fraction of sp³-hybridized carbons (Fsp3) is 0.172. The summed E-state index contributed by atoms with van der Waals surface area (Å²) in [6.07, 6.45) is 1.11. The van der Waals surface area contributed by atoms with Crippen molar-refractivity contribution >= 4 is 45.8 Å². The van der Waals surface area contributed by atoms with E-state index in [0.717, 1.165) is 17.6 Å². The molecule has 0 saturated carbocycles. The van der Waals surface area contributed by atoms with Crippen LogP contribution in [0.15, 0.2) is 95.4 Å². The summed E-state index contributed by atoms with van der Waals surface area (Å²) in [7, 11) is -0.628. The first-order chi connectivity index (χ1) is 15.2. The van der Waals surface area contributed by atoms with Crippen molar-refractivity contribution in [3.63, 3.8) is 0 Å². The zero-order valence-corrected chi connectivity index (χ0v) is 19.2. The van der Waals surface area contributed by atoms with Gasteiger partial charge in [0.15, 0.2) is 0 Å². The van der Waals surface area contributed by atoms with E-state index in [1.165, 1.54) is 37.8 Å². The summed E-state index contributed by atoms with van der Waals surface area (Å²) in [4.78, 5) is 0. The van der Waals surface area contributed by atoms with Crippen LogP contribution in [0.1, 0.15) is 37.3 Å². The van der Waals surface area contributed by atoms with Gasteiger partial charge in [-0.25, -0.2) is 0 Å². The maximum Gasteiger partial charge on any atom is 0.138 e. The van der Waals surface area contributed by atoms with Crippen molar-refractivity contribution < 1.29 is 4.42 Å². The minimum Gasteiger partial charge on any atom is -0.456 e. The quantitative estimate of drug-likeness (QED) is 0.274. The van der Waals surface area contributed by atoms with Gasteiger partial charge in [-0.3, -0.25) is 0 Å². The van der Waals surface area contributed by atoms with Crippen molar-refractivity contribution in [2.45, 2.75) is 33.1 Å². The first-order valence-electron chi connectivity index (χ1n) is 11.0. The molecule has 31 heavy (non-hydrogen) atoms. The molecule has 1 unspecified atom stereocenters. The van der Waals surface area contributed by atoms with Gasteiger partial charge in [0.05, 0.1) is 0 Å². The van der Waals surface area contributed by atoms with Crippen LogP contribution in [0.3, 0.4) is 0 Å². The normalized spacial score (nSPS) is 12.6. The van der Waals surface area contributed by atoms with Crippen molar-refractivity contribution in [2.75, 3.05) is 0 Å². The molecule has 0 aliphatic heterocycles. The standard InChI is InChI=1S/C29H27OP/c1-4-21(3)25-17-20(2)18-27-26-19-24(15-16-28(26)30-29(25)27)31(22-11-7-5-8-12-22)23-13-9-6-10-14-23/h5-19,21H,4H2,1-3H3. The first kappa shape index (κ1) is 20.0. The second kappa shape index (κ2) is 8.33. The number of rotatable bonds is 5. The molecule has 0 N–H and O–H groups in total. The van der Waals surface area contributed by atoms with Crippen LogP contribution < -0.4 is 15.9 Å². The number of aryl methyl sites for hydroxylation is 1. The van der Waals surface area contributed by atoms with E-state index in [4.69, 9.17) is 4.42 Å². The van der Waals surface area contributed by atoms with E-state index in [9.17, 15) is 0 Å². The van der Waals surface area contributed by atoms with E-state index in [2.05, 4.69) is 112 Å². The monoisotopic (exact) mass is 422 g/mol. The highest BCUT2D eigenvalue weighted by Crippen LogP contribution is 2.38. The lowest BCUT2D eigenvalue weighted by molar-refractivity contribution is 0.645. The van der Waals surface area contributed by atoms with Gasteiger partial charge in [-0.1, -0.05) is 86.6 Å². The van der Waals surface area contributed by atoms with Gasteiger partial charge in [0.1, 0.15) is 11.2 Å². The topological polar surface area (TPSA) is 13.1 Å². The molecular formula is C29H27OP. The van der Waals surface area contributed by atoms with Gasteiger partial charge in [-0.2, -0.15) is 0 Å². The van der Waals surface area contributed by atoms with Crippen LogP contribution in [0.25, 0.3) is 21.9 Å². The third kappa shape index (κ3) is 3.68.